The van der Waals surface area contributed by atoms with Crippen LogP contribution in [-0.4, -0.2) is 43.0 Å². The molecular formula is C15H21N3OS. The minimum Gasteiger partial charge on any atom is -0.347 e. The number of amides is 1. The number of likely N-dealkylation sites (tertiary alicyclic amines) is 1. The topological polar surface area (TPSA) is 58.4 Å². The Bertz CT molecular complexity index is 515. The van der Waals surface area contributed by atoms with Crippen molar-refractivity contribution < 1.29 is 4.79 Å². The van der Waals surface area contributed by atoms with Crippen LogP contribution >= 0.6 is 11.3 Å². The smallest absolute Gasteiger partial charge is 0.262 e. The van der Waals surface area contributed by atoms with Gasteiger partial charge in [-0.3, -0.25) is 4.79 Å². The van der Waals surface area contributed by atoms with Crippen LogP contribution in [0.1, 0.15) is 35.0 Å². The number of nitrogens with two attached hydrogens (primary N) is 1. The Balaban J connectivity index is 1.99. The highest BCUT2D eigenvalue weighted by Gasteiger charge is 2.22. The van der Waals surface area contributed by atoms with E-state index in [2.05, 4.69) is 29.0 Å². The van der Waals surface area contributed by atoms with Gasteiger partial charge in [0.15, 0.2) is 0 Å². The highest BCUT2D eigenvalue weighted by molar-refractivity contribution is 7.12. The fraction of sp³-hybridized carbons (Fsp3) is 0.533. The maximum absolute atomic E-state index is 12.3. The summed E-state index contributed by atoms with van der Waals surface area (Å²) >= 11 is 1.43. The molecule has 0 aliphatic carbocycles. The fourth-order valence-corrected chi connectivity index (χ4v) is 3.19. The molecule has 1 aromatic rings. The molecule has 3 N–H and O–H groups in total. The first kappa shape index (κ1) is 15.0. The van der Waals surface area contributed by atoms with Gasteiger partial charge in [0.25, 0.3) is 5.91 Å². The summed E-state index contributed by atoms with van der Waals surface area (Å²) in [6.45, 7) is 5.58. The van der Waals surface area contributed by atoms with Crippen LogP contribution in [0.15, 0.2) is 11.4 Å². The number of piperidine rings is 1. The molecule has 4 nitrogen and oxygen atoms in total. The van der Waals surface area contributed by atoms with Gasteiger partial charge in [0.05, 0.1) is 6.54 Å². The van der Waals surface area contributed by atoms with E-state index in [0.29, 0.717) is 11.4 Å². The maximum Gasteiger partial charge on any atom is 0.262 e. The van der Waals surface area contributed by atoms with Gasteiger partial charge in [-0.05, 0) is 37.4 Å². The molecule has 2 heterocycles. The number of carbonyl (C=O) groups is 1. The van der Waals surface area contributed by atoms with Crippen LogP contribution in [0.25, 0.3) is 0 Å². The second-order valence-corrected chi connectivity index (χ2v) is 5.79. The Morgan fingerprint density at radius 3 is 3.25 bits per heavy atom. The van der Waals surface area contributed by atoms with Crippen LogP contribution in [0.2, 0.25) is 0 Å². The van der Waals surface area contributed by atoms with Crippen molar-refractivity contribution in [1.29, 1.82) is 0 Å². The van der Waals surface area contributed by atoms with Gasteiger partial charge in [0.1, 0.15) is 4.88 Å². The van der Waals surface area contributed by atoms with E-state index in [0.717, 1.165) is 38.0 Å². The Morgan fingerprint density at radius 1 is 1.65 bits per heavy atom. The second-order valence-electron chi connectivity index (χ2n) is 4.88. The molecule has 2 rings (SSSR count). The average Bonchev–Trinajstić information content (AvgIpc) is 2.93. The first-order valence-electron chi connectivity index (χ1n) is 7.04. The molecule has 0 radical (unpaired) electrons. The lowest BCUT2D eigenvalue weighted by Gasteiger charge is -2.32. The van der Waals surface area contributed by atoms with Crippen molar-refractivity contribution in [2.75, 3.05) is 26.2 Å². The monoisotopic (exact) mass is 291 g/mol. The van der Waals surface area contributed by atoms with E-state index < -0.39 is 0 Å². The molecule has 1 saturated heterocycles. The summed E-state index contributed by atoms with van der Waals surface area (Å²) in [5.41, 5.74) is 6.15. The molecule has 0 spiro atoms. The van der Waals surface area contributed by atoms with E-state index >= 15 is 0 Å². The van der Waals surface area contributed by atoms with Crippen LogP contribution < -0.4 is 11.1 Å². The van der Waals surface area contributed by atoms with Crippen LogP contribution in [0.5, 0.6) is 0 Å². The zero-order chi connectivity index (χ0) is 14.4. The predicted octanol–water partition coefficient (Wildman–Crippen LogP) is 1.27. The number of hydrogen-bond donors (Lipinski definition) is 2. The van der Waals surface area contributed by atoms with E-state index in [4.69, 9.17) is 5.73 Å². The third-order valence-electron chi connectivity index (χ3n) is 3.48. The summed E-state index contributed by atoms with van der Waals surface area (Å²) in [5, 5.41) is 5.03. The molecule has 1 aliphatic heterocycles. The third-order valence-corrected chi connectivity index (χ3v) is 4.40. The van der Waals surface area contributed by atoms with E-state index in [9.17, 15) is 4.79 Å². The van der Waals surface area contributed by atoms with E-state index in [1.165, 1.54) is 11.3 Å². The molecular weight excluding hydrogens is 270 g/mol. The maximum atomic E-state index is 12.3. The van der Waals surface area contributed by atoms with Gasteiger partial charge in [0, 0.05) is 18.2 Å². The first-order chi connectivity index (χ1) is 9.74. The first-order valence-corrected chi connectivity index (χ1v) is 7.92. The molecule has 1 unspecified atom stereocenters. The molecule has 1 aliphatic rings. The van der Waals surface area contributed by atoms with E-state index in [1.807, 2.05) is 11.4 Å². The number of hydrogen-bond acceptors (Lipinski definition) is 4. The lowest BCUT2D eigenvalue weighted by atomic mass is 10.1. The minimum atomic E-state index is -0.00993. The zero-order valence-electron chi connectivity index (χ0n) is 11.8. The third kappa shape index (κ3) is 3.83. The fourth-order valence-electron chi connectivity index (χ4n) is 2.44. The summed E-state index contributed by atoms with van der Waals surface area (Å²) in [5.74, 6) is 5.75. The van der Waals surface area contributed by atoms with Crippen LogP contribution in [0.4, 0.5) is 0 Å². The molecule has 108 valence electrons. The van der Waals surface area contributed by atoms with Gasteiger partial charge < -0.3 is 16.0 Å². The van der Waals surface area contributed by atoms with Gasteiger partial charge in [-0.15, -0.1) is 11.3 Å². The van der Waals surface area contributed by atoms with Crippen molar-refractivity contribution >= 4 is 17.2 Å². The van der Waals surface area contributed by atoms with Crippen LogP contribution in [-0.2, 0) is 0 Å². The van der Waals surface area contributed by atoms with Gasteiger partial charge in [0.2, 0.25) is 0 Å². The summed E-state index contributed by atoms with van der Waals surface area (Å²) in [6.07, 6.45) is 2.19. The van der Waals surface area contributed by atoms with E-state index in [-0.39, 0.29) is 11.9 Å². The Kier molecular flexibility index (Phi) is 5.60. The Labute approximate surface area is 124 Å². The molecule has 0 bridgehead atoms. The number of nitrogens with zero attached hydrogens (tertiary/aromatic N) is 1. The Hall–Kier alpha value is -1.35. The molecule has 5 heteroatoms. The summed E-state index contributed by atoms with van der Waals surface area (Å²) in [6, 6.07) is 2.12. The number of likely N-dealkylation sites (N-methyl/N-ethyl adjacent to an activating group) is 1. The molecule has 0 aromatic carbocycles. The molecule has 1 atom stereocenters. The van der Waals surface area contributed by atoms with Gasteiger partial charge in [-0.1, -0.05) is 18.8 Å². The second kappa shape index (κ2) is 7.44. The average molecular weight is 291 g/mol. The summed E-state index contributed by atoms with van der Waals surface area (Å²) in [4.78, 5) is 15.4. The van der Waals surface area contributed by atoms with Crippen LogP contribution in [0, 0.1) is 11.8 Å². The highest BCUT2D eigenvalue weighted by Crippen LogP contribution is 2.17. The normalized spacial score (nSPS) is 19.2. The van der Waals surface area contributed by atoms with Crippen LogP contribution in [0.3, 0.4) is 0 Å². The number of thiophene rings is 1. The van der Waals surface area contributed by atoms with Crippen molar-refractivity contribution in [2.24, 2.45) is 5.73 Å². The highest BCUT2D eigenvalue weighted by atomic mass is 32.1. The lowest BCUT2D eigenvalue weighted by molar-refractivity contribution is 0.0910. The van der Waals surface area contributed by atoms with Crippen molar-refractivity contribution in [1.82, 2.24) is 10.2 Å². The van der Waals surface area contributed by atoms with Crippen molar-refractivity contribution in [3.8, 4) is 11.8 Å². The number of carbonyl (C=O) groups excluding carboxylic acids is 1. The molecule has 1 amide bonds. The molecule has 1 fully saturated rings. The van der Waals surface area contributed by atoms with Crippen molar-refractivity contribution in [3.05, 3.63) is 21.9 Å². The predicted molar refractivity (Wildman–Crippen MR) is 82.9 cm³/mol. The zero-order valence-corrected chi connectivity index (χ0v) is 12.6. The van der Waals surface area contributed by atoms with Gasteiger partial charge in [-0.25, -0.2) is 0 Å². The standard InChI is InChI=1S/C15H21N3OS/c1-2-18-9-4-6-13(11-18)17-15(19)14-12(5-3-8-16)7-10-20-14/h7,10,13H,2,4,6,8-9,11,16H2,1H3,(H,17,19). The van der Waals surface area contributed by atoms with Gasteiger partial charge in [-0.2, -0.15) is 0 Å². The van der Waals surface area contributed by atoms with Crippen molar-refractivity contribution in [2.45, 2.75) is 25.8 Å². The molecule has 20 heavy (non-hydrogen) atoms. The summed E-state index contributed by atoms with van der Waals surface area (Å²) < 4.78 is 0. The number of rotatable bonds is 3. The summed E-state index contributed by atoms with van der Waals surface area (Å²) in [7, 11) is 0. The molecule has 0 saturated carbocycles. The largest absolute Gasteiger partial charge is 0.347 e. The SMILES string of the molecule is CCN1CCCC(NC(=O)c2sccc2C#CCN)C1. The quantitative estimate of drug-likeness (QED) is 0.825. The molecule has 1 aromatic heterocycles. The van der Waals surface area contributed by atoms with Crippen molar-refractivity contribution in [3.63, 3.8) is 0 Å². The number of nitrogens with one attached hydrogen (secondary N) is 1. The Morgan fingerprint density at radius 2 is 2.50 bits per heavy atom. The van der Waals surface area contributed by atoms with E-state index in [1.54, 1.807) is 0 Å². The lowest BCUT2D eigenvalue weighted by Crippen LogP contribution is -2.47. The minimum absolute atomic E-state index is 0.00993. The van der Waals surface area contributed by atoms with Gasteiger partial charge >= 0.3 is 0 Å².